The summed E-state index contributed by atoms with van der Waals surface area (Å²) >= 11 is 1.44. The summed E-state index contributed by atoms with van der Waals surface area (Å²) < 4.78 is 1.77. The molecule has 5 atom stereocenters. The molecule has 0 aromatic carbocycles. The van der Waals surface area contributed by atoms with Crippen LogP contribution in [0, 0.1) is 37.5 Å². The molecule has 0 aliphatic carbocycles. The summed E-state index contributed by atoms with van der Waals surface area (Å²) in [4.78, 5) is 51.8. The van der Waals surface area contributed by atoms with Crippen LogP contribution in [0.4, 0.5) is 0 Å². The fourth-order valence-corrected chi connectivity index (χ4v) is 5.27. The Morgan fingerprint density at radius 3 is 2.07 bits per heavy atom. The monoisotopic (exact) mass is 624 g/mol. The number of nitrogens with zero attached hydrogens (tertiary/aromatic N) is 2. The number of carbonyl (C=O) groups excluding carboxylic acids is 4. The van der Waals surface area contributed by atoms with Gasteiger partial charge in [-0.05, 0) is 56.8 Å². The minimum atomic E-state index is -1.00. The highest BCUT2D eigenvalue weighted by Gasteiger charge is 2.31. The number of aryl methyl sites for hydroxylation is 3. The van der Waals surface area contributed by atoms with E-state index in [1.165, 1.54) is 11.8 Å². The van der Waals surface area contributed by atoms with Crippen LogP contribution in [0.1, 0.15) is 79.1 Å². The number of hydrogen-bond acceptors (Lipinski definition) is 7. The molecule has 246 valence electrons. The van der Waals surface area contributed by atoms with Crippen molar-refractivity contribution in [2.45, 2.75) is 112 Å². The van der Waals surface area contributed by atoms with Gasteiger partial charge in [-0.15, -0.1) is 0 Å². The smallest absolute Gasteiger partial charge is 0.243 e. The highest BCUT2D eigenvalue weighted by Crippen LogP contribution is 2.17. The maximum Gasteiger partial charge on any atom is 0.243 e. The molecule has 1 aromatic rings. The van der Waals surface area contributed by atoms with Gasteiger partial charge in [0.25, 0.3) is 0 Å². The molecule has 5 N–H and O–H groups in total. The van der Waals surface area contributed by atoms with Crippen LogP contribution in [0.25, 0.3) is 0 Å². The summed E-state index contributed by atoms with van der Waals surface area (Å²) in [5.41, 5.74) is 1.84. The fraction of sp³-hybridized carbons (Fsp3) is 0.774. The topological polar surface area (TPSA) is 154 Å². The van der Waals surface area contributed by atoms with Crippen molar-refractivity contribution in [1.29, 1.82) is 0 Å². The van der Waals surface area contributed by atoms with Gasteiger partial charge in [-0.3, -0.25) is 23.9 Å². The number of hydrogen-bond donors (Lipinski definition) is 5. The normalized spacial score (nSPS) is 15.1. The molecule has 1 aromatic heterocycles. The number of rotatable bonds is 19. The molecule has 12 heteroatoms. The van der Waals surface area contributed by atoms with Crippen molar-refractivity contribution in [1.82, 2.24) is 31.0 Å². The zero-order valence-corrected chi connectivity index (χ0v) is 28.6. The van der Waals surface area contributed by atoms with Gasteiger partial charge < -0.3 is 26.4 Å². The first kappa shape index (κ1) is 38.4. The van der Waals surface area contributed by atoms with Crippen LogP contribution in [0.15, 0.2) is 6.07 Å². The van der Waals surface area contributed by atoms with Gasteiger partial charge in [-0.2, -0.15) is 16.9 Å². The van der Waals surface area contributed by atoms with Gasteiger partial charge in [-0.1, -0.05) is 48.5 Å². The lowest BCUT2D eigenvalue weighted by atomic mass is 9.91. The van der Waals surface area contributed by atoms with E-state index in [2.05, 4.69) is 26.4 Å². The number of carbonyl (C=O) groups is 4. The summed E-state index contributed by atoms with van der Waals surface area (Å²) in [7, 11) is 0. The average molecular weight is 625 g/mol. The summed E-state index contributed by atoms with van der Waals surface area (Å²) in [5, 5.41) is 27.1. The Bertz CT molecular complexity index is 1040. The van der Waals surface area contributed by atoms with Crippen LogP contribution in [-0.4, -0.2) is 81.3 Å². The predicted molar refractivity (Wildman–Crippen MR) is 172 cm³/mol. The van der Waals surface area contributed by atoms with Crippen molar-refractivity contribution in [3.05, 3.63) is 17.5 Å². The molecule has 0 fully saturated rings. The molecule has 0 radical (unpaired) electrons. The number of aliphatic hydroxyl groups excluding tert-OH is 1. The molecule has 4 amide bonds. The number of amides is 4. The maximum absolute atomic E-state index is 13.3. The Kier molecular flexibility index (Phi) is 16.9. The van der Waals surface area contributed by atoms with Crippen LogP contribution in [0.5, 0.6) is 0 Å². The molecular weight excluding hydrogens is 568 g/mol. The van der Waals surface area contributed by atoms with E-state index < -0.39 is 30.1 Å². The Labute approximate surface area is 262 Å². The zero-order valence-electron chi connectivity index (χ0n) is 27.8. The average Bonchev–Trinajstić information content (AvgIpc) is 3.23. The number of aromatic nitrogens is 2. The van der Waals surface area contributed by atoms with Gasteiger partial charge in [-0.25, -0.2) is 0 Å². The number of aliphatic hydroxyl groups is 1. The van der Waals surface area contributed by atoms with E-state index >= 15 is 0 Å². The van der Waals surface area contributed by atoms with Crippen LogP contribution < -0.4 is 21.3 Å². The molecule has 0 saturated heterocycles. The van der Waals surface area contributed by atoms with E-state index in [-0.39, 0.29) is 54.2 Å². The maximum atomic E-state index is 13.3. The first-order chi connectivity index (χ1) is 20.0. The predicted octanol–water partition coefficient (Wildman–Crippen LogP) is 2.57. The van der Waals surface area contributed by atoms with Crippen molar-refractivity contribution < 1.29 is 24.3 Å². The Morgan fingerprint density at radius 2 is 1.56 bits per heavy atom. The van der Waals surface area contributed by atoms with Gasteiger partial charge in [0, 0.05) is 36.9 Å². The second-order valence-electron chi connectivity index (χ2n) is 12.8. The summed E-state index contributed by atoms with van der Waals surface area (Å²) in [6, 6.07) is -0.135. The van der Waals surface area contributed by atoms with Crippen LogP contribution in [0.2, 0.25) is 0 Å². The lowest BCUT2D eigenvalue weighted by molar-refractivity contribution is -0.132. The molecule has 1 heterocycles. The second kappa shape index (κ2) is 18.9. The van der Waals surface area contributed by atoms with Crippen molar-refractivity contribution in [3.8, 4) is 0 Å². The summed E-state index contributed by atoms with van der Waals surface area (Å²) in [5.74, 6) is -1.09. The lowest BCUT2D eigenvalue weighted by Gasteiger charge is -2.30. The Hall–Kier alpha value is -2.60. The molecule has 0 spiro atoms. The van der Waals surface area contributed by atoms with E-state index in [1.807, 2.05) is 67.7 Å². The third kappa shape index (κ3) is 14.2. The second-order valence-corrected chi connectivity index (χ2v) is 13.7. The van der Waals surface area contributed by atoms with Crippen molar-refractivity contribution in [2.24, 2.45) is 23.7 Å². The number of nitrogens with one attached hydrogen (secondary N) is 4. The van der Waals surface area contributed by atoms with E-state index in [1.54, 1.807) is 11.6 Å². The van der Waals surface area contributed by atoms with Gasteiger partial charge >= 0.3 is 0 Å². The molecule has 0 aliphatic heterocycles. The third-order valence-electron chi connectivity index (χ3n) is 7.13. The molecule has 1 rings (SSSR count). The van der Waals surface area contributed by atoms with Crippen molar-refractivity contribution in [3.63, 3.8) is 0 Å². The highest BCUT2D eigenvalue weighted by atomic mass is 32.2. The minimum absolute atomic E-state index is 0.101. The Balaban J connectivity index is 2.85. The quantitative estimate of drug-likeness (QED) is 0.159. The molecule has 0 bridgehead atoms. The SMILES string of the molecule is CSC[C@H](NC(=O)CCn1nc(C)cc1C)C(=O)N[C@H](CC(C)C)[C@@H](O)C[C@@H](C)C(=O)N[C@@H](C(=O)NCC(C)C)C(C)C. The first-order valence-corrected chi connectivity index (χ1v) is 16.8. The molecule has 0 aliphatic rings. The third-order valence-corrected chi connectivity index (χ3v) is 7.80. The van der Waals surface area contributed by atoms with Gasteiger partial charge in [0.15, 0.2) is 0 Å². The van der Waals surface area contributed by atoms with E-state index in [9.17, 15) is 24.3 Å². The van der Waals surface area contributed by atoms with Gasteiger partial charge in [0.1, 0.15) is 12.1 Å². The van der Waals surface area contributed by atoms with Crippen molar-refractivity contribution >= 4 is 35.4 Å². The first-order valence-electron chi connectivity index (χ1n) is 15.4. The molecule has 11 nitrogen and oxygen atoms in total. The van der Waals surface area contributed by atoms with Crippen molar-refractivity contribution in [2.75, 3.05) is 18.6 Å². The van der Waals surface area contributed by atoms with Crippen LogP contribution >= 0.6 is 11.8 Å². The lowest BCUT2D eigenvalue weighted by Crippen LogP contribution is -2.54. The fourth-order valence-electron chi connectivity index (χ4n) is 4.71. The van der Waals surface area contributed by atoms with Crippen LogP contribution in [0.3, 0.4) is 0 Å². The summed E-state index contributed by atoms with van der Waals surface area (Å²) in [6.45, 7) is 18.2. The molecular formula is C31H56N6O5S. The molecule has 0 unspecified atom stereocenters. The highest BCUT2D eigenvalue weighted by molar-refractivity contribution is 7.98. The van der Waals surface area contributed by atoms with E-state index in [0.29, 0.717) is 25.3 Å². The minimum Gasteiger partial charge on any atom is -0.391 e. The van der Waals surface area contributed by atoms with E-state index in [4.69, 9.17) is 0 Å². The standard InChI is InChI=1S/C31H56N6O5S/c1-18(2)13-24(26(38)14-21(7)29(40)35-28(20(5)6)31(42)32-16-19(3)4)34-30(41)25(17-43-10)33-27(39)11-12-37-23(9)15-22(8)36-37/h15,18-21,24-26,28,38H,11-14,16-17H2,1-10H3,(H,32,42)(H,33,39)(H,34,41)(H,35,40)/t21-,24-,25+,26+,28-/m1/s1. The van der Waals surface area contributed by atoms with E-state index in [0.717, 1.165) is 11.4 Å². The molecule has 43 heavy (non-hydrogen) atoms. The summed E-state index contributed by atoms with van der Waals surface area (Å²) in [6.07, 6.45) is 1.62. The zero-order chi connectivity index (χ0) is 32.9. The molecule has 0 saturated carbocycles. The van der Waals surface area contributed by atoms with Gasteiger partial charge in [0.05, 0.1) is 17.8 Å². The van der Waals surface area contributed by atoms with Gasteiger partial charge in [0.2, 0.25) is 23.6 Å². The Morgan fingerprint density at radius 1 is 0.907 bits per heavy atom. The number of thioether (sulfide) groups is 1. The van der Waals surface area contributed by atoms with Crippen LogP contribution in [-0.2, 0) is 25.7 Å². The largest absolute Gasteiger partial charge is 0.391 e.